The predicted molar refractivity (Wildman–Crippen MR) is 100 cm³/mol. The van der Waals surface area contributed by atoms with Crippen LogP contribution in [0.3, 0.4) is 0 Å². The molecule has 2 N–H and O–H groups in total. The zero-order valence-electron chi connectivity index (χ0n) is 15.8. The highest BCUT2D eigenvalue weighted by atomic mass is 16.5. The van der Waals surface area contributed by atoms with E-state index in [0.717, 1.165) is 37.0 Å². The molecule has 1 aliphatic rings. The standard InChI is InChI=1S/C20H28N2O5/c1-15-7-5-10-17(13-15)26-12-6-11-19(24)27-14-18(23)22-20(25)21-16-8-3-2-4-9-16/h5,7,10,13,16H,2-4,6,8-9,11-12,14H2,1H3,(H2,21,22,23,25). The van der Waals surface area contributed by atoms with E-state index in [9.17, 15) is 14.4 Å². The Morgan fingerprint density at radius 3 is 2.67 bits per heavy atom. The topological polar surface area (TPSA) is 93.7 Å². The Kier molecular flexibility index (Phi) is 8.61. The zero-order valence-corrected chi connectivity index (χ0v) is 15.8. The predicted octanol–water partition coefficient (Wildman–Crippen LogP) is 2.86. The summed E-state index contributed by atoms with van der Waals surface area (Å²) in [5.74, 6) is -0.370. The highest BCUT2D eigenvalue weighted by Crippen LogP contribution is 2.17. The van der Waals surface area contributed by atoms with Crippen LogP contribution in [0.5, 0.6) is 5.75 Å². The molecule has 0 unspecified atom stereocenters. The van der Waals surface area contributed by atoms with Crippen molar-refractivity contribution in [2.75, 3.05) is 13.2 Å². The molecular weight excluding hydrogens is 348 g/mol. The third-order valence-electron chi connectivity index (χ3n) is 4.34. The second-order valence-corrected chi connectivity index (χ2v) is 6.79. The zero-order chi connectivity index (χ0) is 19.5. The van der Waals surface area contributed by atoms with Crippen molar-refractivity contribution < 1.29 is 23.9 Å². The quantitative estimate of drug-likeness (QED) is 0.537. The summed E-state index contributed by atoms with van der Waals surface area (Å²) in [5, 5.41) is 4.96. The number of benzene rings is 1. The smallest absolute Gasteiger partial charge is 0.321 e. The lowest BCUT2D eigenvalue weighted by Gasteiger charge is -2.22. The van der Waals surface area contributed by atoms with Gasteiger partial charge in [0.2, 0.25) is 0 Å². The van der Waals surface area contributed by atoms with E-state index in [-0.39, 0.29) is 12.5 Å². The van der Waals surface area contributed by atoms with Gasteiger partial charge in [0.25, 0.3) is 5.91 Å². The molecule has 2 rings (SSSR count). The number of urea groups is 1. The van der Waals surface area contributed by atoms with Crippen LogP contribution in [0.15, 0.2) is 24.3 Å². The number of carbonyl (C=O) groups is 3. The molecule has 0 bridgehead atoms. The average Bonchev–Trinajstić information content (AvgIpc) is 2.64. The van der Waals surface area contributed by atoms with Gasteiger partial charge >= 0.3 is 12.0 Å². The third-order valence-corrected chi connectivity index (χ3v) is 4.34. The number of hydrogen-bond acceptors (Lipinski definition) is 5. The minimum atomic E-state index is -0.632. The van der Waals surface area contributed by atoms with Gasteiger partial charge in [0.15, 0.2) is 6.61 Å². The number of hydrogen-bond donors (Lipinski definition) is 2. The van der Waals surface area contributed by atoms with Crippen molar-refractivity contribution >= 4 is 17.9 Å². The summed E-state index contributed by atoms with van der Waals surface area (Å²) < 4.78 is 10.4. The first kappa shape index (κ1) is 20.7. The molecule has 1 aliphatic carbocycles. The van der Waals surface area contributed by atoms with Gasteiger partial charge in [0.1, 0.15) is 5.75 Å². The normalized spacial score (nSPS) is 14.3. The van der Waals surface area contributed by atoms with Crippen molar-refractivity contribution in [1.82, 2.24) is 10.6 Å². The third kappa shape index (κ3) is 8.57. The van der Waals surface area contributed by atoms with Gasteiger partial charge in [-0.05, 0) is 43.9 Å². The number of nitrogens with one attached hydrogen (secondary N) is 2. The van der Waals surface area contributed by atoms with E-state index in [2.05, 4.69) is 10.6 Å². The Morgan fingerprint density at radius 2 is 1.93 bits per heavy atom. The van der Waals surface area contributed by atoms with Gasteiger partial charge in [0, 0.05) is 12.5 Å². The van der Waals surface area contributed by atoms with Crippen molar-refractivity contribution in [3.8, 4) is 5.75 Å². The average molecular weight is 376 g/mol. The van der Waals surface area contributed by atoms with Crippen LogP contribution >= 0.6 is 0 Å². The number of ether oxygens (including phenoxy) is 2. The summed E-state index contributed by atoms with van der Waals surface area (Å²) in [6, 6.07) is 7.24. The second-order valence-electron chi connectivity index (χ2n) is 6.79. The summed E-state index contributed by atoms with van der Waals surface area (Å²) in [6.45, 7) is 1.90. The molecule has 1 aromatic rings. The van der Waals surface area contributed by atoms with E-state index in [1.165, 1.54) is 6.42 Å². The van der Waals surface area contributed by atoms with Crippen LogP contribution in [0, 0.1) is 6.92 Å². The first-order chi connectivity index (χ1) is 13.0. The molecule has 7 nitrogen and oxygen atoms in total. The van der Waals surface area contributed by atoms with Crippen molar-refractivity contribution in [3.63, 3.8) is 0 Å². The van der Waals surface area contributed by atoms with Gasteiger partial charge in [-0.3, -0.25) is 14.9 Å². The number of carbonyl (C=O) groups excluding carboxylic acids is 3. The van der Waals surface area contributed by atoms with Crippen LogP contribution in [-0.4, -0.2) is 37.2 Å². The number of aryl methyl sites for hydroxylation is 1. The van der Waals surface area contributed by atoms with Gasteiger partial charge in [-0.2, -0.15) is 0 Å². The lowest BCUT2D eigenvalue weighted by atomic mass is 9.96. The summed E-state index contributed by atoms with van der Waals surface area (Å²) in [6.07, 6.45) is 5.85. The van der Waals surface area contributed by atoms with Crippen LogP contribution in [0.2, 0.25) is 0 Å². The highest BCUT2D eigenvalue weighted by molar-refractivity contribution is 5.95. The van der Waals surface area contributed by atoms with Gasteiger partial charge in [-0.1, -0.05) is 31.4 Å². The first-order valence-electron chi connectivity index (χ1n) is 9.48. The molecule has 1 fully saturated rings. The largest absolute Gasteiger partial charge is 0.494 e. The second kappa shape index (κ2) is 11.2. The molecule has 1 aromatic carbocycles. The Morgan fingerprint density at radius 1 is 1.15 bits per heavy atom. The molecule has 0 aromatic heterocycles. The summed E-state index contributed by atoms with van der Waals surface area (Å²) >= 11 is 0. The van der Waals surface area contributed by atoms with Crippen molar-refractivity contribution in [1.29, 1.82) is 0 Å². The number of rotatable bonds is 8. The summed E-state index contributed by atoms with van der Waals surface area (Å²) in [5.41, 5.74) is 1.10. The van der Waals surface area contributed by atoms with Gasteiger partial charge in [-0.25, -0.2) is 4.79 Å². The Labute approximate surface area is 159 Å². The highest BCUT2D eigenvalue weighted by Gasteiger charge is 2.17. The molecule has 0 aliphatic heterocycles. The molecule has 148 valence electrons. The van der Waals surface area contributed by atoms with Gasteiger partial charge < -0.3 is 14.8 Å². The van der Waals surface area contributed by atoms with Crippen LogP contribution in [0.4, 0.5) is 4.79 Å². The Balaban J connectivity index is 1.53. The Hall–Kier alpha value is -2.57. The molecule has 0 heterocycles. The molecular formula is C20H28N2O5. The molecule has 3 amide bonds. The minimum Gasteiger partial charge on any atom is -0.494 e. The Bertz CT molecular complexity index is 641. The van der Waals surface area contributed by atoms with Crippen LogP contribution < -0.4 is 15.4 Å². The van der Waals surface area contributed by atoms with E-state index in [1.54, 1.807) is 0 Å². The van der Waals surface area contributed by atoms with Crippen molar-refractivity contribution in [3.05, 3.63) is 29.8 Å². The van der Waals surface area contributed by atoms with E-state index in [0.29, 0.717) is 13.0 Å². The fourth-order valence-corrected chi connectivity index (χ4v) is 2.96. The molecule has 0 radical (unpaired) electrons. The fraction of sp³-hybridized carbons (Fsp3) is 0.550. The summed E-state index contributed by atoms with van der Waals surface area (Å²) in [4.78, 5) is 35.1. The number of imide groups is 1. The van der Waals surface area contributed by atoms with E-state index >= 15 is 0 Å². The van der Waals surface area contributed by atoms with Gasteiger partial charge in [0.05, 0.1) is 6.61 Å². The number of amides is 3. The molecule has 7 heteroatoms. The maximum absolute atomic E-state index is 11.7. The van der Waals surface area contributed by atoms with E-state index in [1.807, 2.05) is 31.2 Å². The van der Waals surface area contributed by atoms with Crippen molar-refractivity contribution in [2.24, 2.45) is 0 Å². The van der Waals surface area contributed by atoms with Crippen molar-refractivity contribution in [2.45, 2.75) is 57.9 Å². The monoisotopic (exact) mass is 376 g/mol. The van der Waals surface area contributed by atoms with Crippen LogP contribution in [0.25, 0.3) is 0 Å². The van der Waals surface area contributed by atoms with Crippen LogP contribution in [0.1, 0.15) is 50.5 Å². The van der Waals surface area contributed by atoms with E-state index in [4.69, 9.17) is 9.47 Å². The SMILES string of the molecule is Cc1cccc(OCCCC(=O)OCC(=O)NC(=O)NC2CCCCC2)c1. The maximum atomic E-state index is 11.7. The molecule has 1 saturated carbocycles. The molecule has 0 spiro atoms. The summed E-state index contributed by atoms with van der Waals surface area (Å²) in [7, 11) is 0. The molecule has 27 heavy (non-hydrogen) atoms. The fourth-order valence-electron chi connectivity index (χ4n) is 2.96. The van der Waals surface area contributed by atoms with Gasteiger partial charge in [-0.15, -0.1) is 0 Å². The number of esters is 1. The molecule has 0 saturated heterocycles. The first-order valence-corrected chi connectivity index (χ1v) is 9.48. The lowest BCUT2D eigenvalue weighted by molar-refractivity contribution is -0.148. The van der Waals surface area contributed by atoms with E-state index < -0.39 is 24.5 Å². The maximum Gasteiger partial charge on any atom is 0.321 e. The van der Waals surface area contributed by atoms with Crippen LogP contribution in [-0.2, 0) is 14.3 Å². The minimum absolute atomic E-state index is 0.113. The lowest BCUT2D eigenvalue weighted by Crippen LogP contribution is -2.46. The molecule has 0 atom stereocenters.